The first-order chi connectivity index (χ1) is 23.6. The largest absolute Gasteiger partial charge is 0.481 e. The van der Waals surface area contributed by atoms with E-state index in [0.717, 1.165) is 17.7 Å². The Labute approximate surface area is 279 Å². The number of aliphatic imine (C=N–C) groups is 2. The number of Topliss-reactive ketones (excluding diaryl/α,β-unsaturated/α-hetero) is 2. The first-order valence-electron chi connectivity index (χ1n) is 15.3. The van der Waals surface area contributed by atoms with Crippen LogP contribution in [0.15, 0.2) is 40.3 Å². The van der Waals surface area contributed by atoms with Crippen molar-refractivity contribution in [2.45, 2.75) is 44.2 Å². The molecular formula is C28H38N12O9. The van der Waals surface area contributed by atoms with Crippen molar-refractivity contribution < 1.29 is 43.4 Å². The maximum absolute atomic E-state index is 13.3. The monoisotopic (exact) mass is 686 g/mol. The second-order valence-corrected chi connectivity index (χ2v) is 10.8. The lowest BCUT2D eigenvalue weighted by Crippen LogP contribution is -2.60. The number of hydrogen-bond acceptors (Lipinski definition) is 16. The highest BCUT2D eigenvalue weighted by atomic mass is 16.5. The van der Waals surface area contributed by atoms with Gasteiger partial charge in [-0.1, -0.05) is 30.3 Å². The smallest absolute Gasteiger partial charge is 0.409 e. The van der Waals surface area contributed by atoms with Gasteiger partial charge in [-0.2, -0.15) is 0 Å². The number of rotatable bonds is 12. The minimum Gasteiger partial charge on any atom is -0.481 e. The molecule has 3 aliphatic heterocycles. The van der Waals surface area contributed by atoms with E-state index < -0.39 is 72.7 Å². The van der Waals surface area contributed by atoms with Crippen LogP contribution >= 0.6 is 0 Å². The van der Waals surface area contributed by atoms with Crippen LogP contribution in [0.2, 0.25) is 0 Å². The third kappa shape index (κ3) is 11.1. The van der Waals surface area contributed by atoms with Gasteiger partial charge in [-0.15, -0.1) is 0 Å². The van der Waals surface area contributed by atoms with Crippen molar-refractivity contribution in [3.8, 4) is 0 Å². The summed E-state index contributed by atoms with van der Waals surface area (Å²) in [5.41, 5.74) is 10.1. The molecular weight excluding hydrogens is 648 g/mol. The number of nitrogens with zero attached hydrogens (tertiary/aromatic N) is 3. The van der Waals surface area contributed by atoms with Crippen LogP contribution in [0.3, 0.4) is 0 Å². The van der Waals surface area contributed by atoms with Gasteiger partial charge in [-0.05, 0) is 18.4 Å². The topological polar surface area (TPSA) is 285 Å². The van der Waals surface area contributed by atoms with Crippen molar-refractivity contribution in [2.24, 2.45) is 9.98 Å². The van der Waals surface area contributed by atoms with Crippen molar-refractivity contribution in [2.75, 3.05) is 39.3 Å². The molecule has 0 aromatic heterocycles. The molecule has 21 nitrogen and oxygen atoms in total. The van der Waals surface area contributed by atoms with Gasteiger partial charge in [-0.25, -0.2) is 4.79 Å². The number of amides is 4. The average molecular weight is 687 g/mol. The normalized spacial score (nSPS) is 19.3. The van der Waals surface area contributed by atoms with E-state index in [-0.39, 0.29) is 25.1 Å². The molecule has 0 aliphatic carbocycles. The average Bonchev–Trinajstić information content (AvgIpc) is 3.51. The highest BCUT2D eigenvalue weighted by Crippen LogP contribution is 2.14. The Morgan fingerprint density at radius 1 is 0.878 bits per heavy atom. The number of aliphatic carboxylic acids is 1. The number of ketones is 2. The molecule has 21 heteroatoms. The molecule has 49 heavy (non-hydrogen) atoms. The molecule has 3 heterocycles. The highest BCUT2D eigenvalue weighted by Gasteiger charge is 2.46. The molecule has 4 rings (SSSR count). The molecule has 0 radical (unpaired) electrons. The summed E-state index contributed by atoms with van der Waals surface area (Å²) in [6.45, 7) is 0.967. The Balaban J connectivity index is 1.43. The molecule has 4 amide bonds. The fourth-order valence-corrected chi connectivity index (χ4v) is 4.81. The first kappa shape index (κ1) is 36.0. The van der Waals surface area contributed by atoms with Gasteiger partial charge in [0, 0.05) is 32.7 Å². The lowest BCUT2D eigenvalue weighted by molar-refractivity contribution is -0.145. The number of hydrazine groups is 2. The van der Waals surface area contributed by atoms with Crippen LogP contribution in [0.25, 0.3) is 0 Å². The zero-order valence-corrected chi connectivity index (χ0v) is 26.2. The van der Waals surface area contributed by atoms with Gasteiger partial charge >= 0.3 is 23.9 Å². The van der Waals surface area contributed by atoms with Gasteiger partial charge < -0.3 is 31.1 Å². The number of alkyl carbamates (subject to hydrolysis) is 1. The number of guanidine groups is 2. The third-order valence-corrected chi connectivity index (χ3v) is 7.16. The molecule has 0 spiro atoms. The zero-order chi connectivity index (χ0) is 35.2. The van der Waals surface area contributed by atoms with Crippen LogP contribution in [-0.4, -0.2) is 121 Å². The number of hydrogen-bond donors (Lipinski definition) is 10. The minimum absolute atomic E-state index is 0.131. The van der Waals surface area contributed by atoms with E-state index in [0.29, 0.717) is 31.7 Å². The summed E-state index contributed by atoms with van der Waals surface area (Å²) < 4.78 is 5.11. The van der Waals surface area contributed by atoms with Gasteiger partial charge in [0.25, 0.3) is 5.78 Å². The summed E-state index contributed by atoms with van der Waals surface area (Å²) in [4.78, 5) is 98.4. The van der Waals surface area contributed by atoms with Crippen molar-refractivity contribution in [1.29, 1.82) is 0 Å². The predicted molar refractivity (Wildman–Crippen MR) is 169 cm³/mol. The van der Waals surface area contributed by atoms with Gasteiger partial charge in [0.05, 0.1) is 19.0 Å². The molecule has 10 N–H and O–H groups in total. The van der Waals surface area contributed by atoms with Crippen LogP contribution in [-0.2, 0) is 40.1 Å². The van der Waals surface area contributed by atoms with Crippen LogP contribution in [0.4, 0.5) is 4.79 Å². The number of ether oxygens (including phenoxy) is 1. The molecule has 0 saturated carbocycles. The van der Waals surface area contributed by atoms with Crippen molar-refractivity contribution >= 4 is 53.3 Å². The molecule has 0 bridgehead atoms. The molecule has 1 fully saturated rings. The third-order valence-electron chi connectivity index (χ3n) is 7.16. The van der Waals surface area contributed by atoms with Crippen molar-refractivity contribution in [3.63, 3.8) is 0 Å². The number of carbonyl (C=O) groups is 7. The van der Waals surface area contributed by atoms with Gasteiger partial charge in [-0.3, -0.25) is 70.7 Å². The van der Waals surface area contributed by atoms with E-state index in [9.17, 15) is 38.7 Å². The Morgan fingerprint density at radius 2 is 1.49 bits per heavy atom. The van der Waals surface area contributed by atoms with Crippen LogP contribution in [0.5, 0.6) is 0 Å². The molecule has 264 valence electrons. The summed E-state index contributed by atoms with van der Waals surface area (Å²) in [5, 5.41) is 22.4. The number of carboxylic acid groups (broad SMARTS) is 1. The van der Waals surface area contributed by atoms with Crippen LogP contribution in [0.1, 0.15) is 24.8 Å². The summed E-state index contributed by atoms with van der Waals surface area (Å²) >= 11 is 0. The second-order valence-electron chi connectivity index (χ2n) is 10.8. The van der Waals surface area contributed by atoms with E-state index >= 15 is 0 Å². The summed E-state index contributed by atoms with van der Waals surface area (Å²) in [5.74, 6) is -6.31. The van der Waals surface area contributed by atoms with Gasteiger partial charge in [0.1, 0.15) is 18.9 Å². The quantitative estimate of drug-likeness (QED) is 0.0564. The fourth-order valence-electron chi connectivity index (χ4n) is 4.81. The number of benzene rings is 1. The lowest BCUT2D eigenvalue weighted by Gasteiger charge is -2.27. The van der Waals surface area contributed by atoms with Crippen molar-refractivity contribution in [1.82, 2.24) is 53.2 Å². The Kier molecular flexibility index (Phi) is 13.2. The first-order valence-corrected chi connectivity index (χ1v) is 15.3. The number of carbonyl (C=O) groups excluding carboxylic acids is 6. The van der Waals surface area contributed by atoms with Crippen LogP contribution < -0.4 is 48.3 Å². The highest BCUT2D eigenvalue weighted by molar-refractivity contribution is 6.40. The maximum atomic E-state index is 13.3. The molecule has 3 unspecified atom stereocenters. The predicted octanol–water partition coefficient (Wildman–Crippen LogP) is -4.49. The van der Waals surface area contributed by atoms with E-state index in [1.54, 1.807) is 30.3 Å². The van der Waals surface area contributed by atoms with Gasteiger partial charge in [0.2, 0.25) is 23.6 Å². The lowest BCUT2D eigenvalue weighted by atomic mass is 10.1. The SMILES string of the molecule is O=C(O)CC(NC(=O)CN1C(C(=O)C(=O)NNC2=NCCCN2)CNC1C(=O)C(=O)NNC1=NCCCN1)NC(=O)OCc1ccccc1. The van der Waals surface area contributed by atoms with Gasteiger partial charge in [0.15, 0.2) is 0 Å². The molecule has 3 atom stereocenters. The zero-order valence-electron chi connectivity index (χ0n) is 26.2. The van der Waals surface area contributed by atoms with E-state index in [1.165, 1.54) is 0 Å². The van der Waals surface area contributed by atoms with Crippen LogP contribution in [0, 0.1) is 0 Å². The van der Waals surface area contributed by atoms with E-state index in [2.05, 4.69) is 58.3 Å². The summed E-state index contributed by atoms with van der Waals surface area (Å²) in [6.07, 6.45) is -3.25. The molecule has 3 aliphatic rings. The second kappa shape index (κ2) is 17.9. The Morgan fingerprint density at radius 3 is 2.06 bits per heavy atom. The number of carboxylic acids is 1. The molecule has 1 aromatic carbocycles. The summed E-state index contributed by atoms with van der Waals surface area (Å²) in [7, 11) is 0. The van der Waals surface area contributed by atoms with E-state index in [4.69, 9.17) is 4.74 Å². The van der Waals surface area contributed by atoms with Crippen molar-refractivity contribution in [3.05, 3.63) is 35.9 Å². The fraction of sp³-hybridized carbons (Fsp3) is 0.464. The Bertz CT molecular complexity index is 1410. The number of nitrogens with one attached hydrogen (secondary N) is 9. The standard InChI is InChI=1S/C28H38N12O9/c41-19(34-18(12-20(42)43)35-28(48)49-15-16-6-2-1-3-7-16)14-40-17(21(44)24(46)36-38-26-29-8-4-9-30-26)13-33-23(40)22(45)25(47)37-39-27-31-10-5-11-32-27/h1-3,6-7,17-18,23,33H,4-5,8-15H2,(H,34,41)(H,35,48)(H,36,46)(H,37,47)(H,42,43)(H2,29,30,38)(H2,31,32,39). The summed E-state index contributed by atoms with van der Waals surface area (Å²) in [6, 6.07) is 7.23. The molecule has 1 aromatic rings. The minimum atomic E-state index is -1.56. The van der Waals surface area contributed by atoms with E-state index in [1.807, 2.05) is 0 Å². The maximum Gasteiger partial charge on any atom is 0.409 e. The molecule has 1 saturated heterocycles. The Hall–Kier alpha value is -5.83.